The molecule has 0 aliphatic carbocycles. The van der Waals surface area contributed by atoms with Crippen LogP contribution in [0.25, 0.3) is 0 Å². The van der Waals surface area contributed by atoms with E-state index in [0.717, 1.165) is 0 Å². The van der Waals surface area contributed by atoms with Crippen LogP contribution in [0.5, 0.6) is 0 Å². The van der Waals surface area contributed by atoms with E-state index in [0.29, 0.717) is 14.9 Å². The van der Waals surface area contributed by atoms with Crippen molar-refractivity contribution in [3.8, 4) is 0 Å². The predicted molar refractivity (Wildman–Crippen MR) is 50.9 cm³/mol. The Balaban J connectivity index is 0.000000810. The Labute approximate surface area is 118 Å². The number of hydrogen-bond acceptors (Lipinski definition) is 1. The molecular weight excluding hydrogens is 214 g/mol. The number of rotatable bonds is 0. The second-order valence-electron chi connectivity index (χ2n) is 1.57. The summed E-state index contributed by atoms with van der Waals surface area (Å²) in [6.07, 6.45) is 0. The van der Waals surface area contributed by atoms with Gasteiger partial charge in [-0.2, -0.15) is 0 Å². The van der Waals surface area contributed by atoms with Crippen LogP contribution in [0.1, 0.15) is 0 Å². The van der Waals surface area contributed by atoms with Crippen molar-refractivity contribution in [3.63, 3.8) is 0 Å². The van der Waals surface area contributed by atoms with Gasteiger partial charge in [-0.3, -0.25) is 0 Å². The van der Waals surface area contributed by atoms with Gasteiger partial charge < -0.3 is 0 Å². The van der Waals surface area contributed by atoms with E-state index in [4.69, 9.17) is 23.2 Å². The summed E-state index contributed by atoms with van der Waals surface area (Å²) >= 11 is 15.4. The fourth-order valence-electron chi connectivity index (χ4n) is 0.492. The van der Waals surface area contributed by atoms with Gasteiger partial charge in [-0.15, -0.1) is 12.6 Å². The second-order valence-corrected chi connectivity index (χ2v) is 2.84. The monoisotopic (exact) mass is 218 g/mol. The van der Waals surface area contributed by atoms with E-state index < -0.39 is 0 Å². The summed E-state index contributed by atoms with van der Waals surface area (Å²) in [5.74, 6) is 0. The molecule has 0 bridgehead atoms. The van der Waals surface area contributed by atoms with E-state index in [1.165, 1.54) is 0 Å². The molecule has 0 amide bonds. The van der Waals surface area contributed by atoms with Crippen LogP contribution in [0, 0.1) is 0 Å². The molecule has 0 unspecified atom stereocenters. The zero-order valence-electron chi connectivity index (χ0n) is 4.44. The maximum atomic E-state index is 5.67. The summed E-state index contributed by atoms with van der Waals surface area (Å²) in [7, 11) is 0. The molecule has 0 saturated carbocycles. The first-order valence-corrected chi connectivity index (χ1v) is 3.55. The van der Waals surface area contributed by atoms with Crippen molar-refractivity contribution in [3.05, 3.63) is 28.2 Å². The molecule has 0 heterocycles. The standard InChI is InChI=1S/C6H4Cl2S.K.H/c7-4-2-1-3-5(9)6(4)8;;/h1-3,9H;;. The topological polar surface area (TPSA) is 0 Å². The summed E-state index contributed by atoms with van der Waals surface area (Å²) < 4.78 is 0. The molecule has 1 aromatic carbocycles. The number of halogens is 2. The fraction of sp³-hybridized carbons (Fsp3) is 0. The minimum absolute atomic E-state index is 0. The molecule has 0 aromatic heterocycles. The molecule has 4 heteroatoms. The summed E-state index contributed by atoms with van der Waals surface area (Å²) in [5.41, 5.74) is 0. The van der Waals surface area contributed by atoms with Crippen LogP contribution in [-0.4, -0.2) is 51.4 Å². The van der Waals surface area contributed by atoms with Gasteiger partial charge in [-0.25, -0.2) is 0 Å². The molecule has 50 valence electrons. The SMILES string of the molecule is Sc1cccc(Cl)c1Cl.[KH]. The molecule has 0 aliphatic rings. The van der Waals surface area contributed by atoms with Crippen molar-refractivity contribution in [1.29, 1.82) is 0 Å². The van der Waals surface area contributed by atoms with E-state index in [-0.39, 0.29) is 51.4 Å². The third-order valence-corrected chi connectivity index (χ3v) is 2.25. The van der Waals surface area contributed by atoms with Gasteiger partial charge in [0.15, 0.2) is 0 Å². The van der Waals surface area contributed by atoms with Gasteiger partial charge in [-0.1, -0.05) is 29.3 Å². The fourth-order valence-corrected chi connectivity index (χ4v) is 1.07. The van der Waals surface area contributed by atoms with Crippen molar-refractivity contribution in [2.75, 3.05) is 0 Å². The number of benzene rings is 1. The molecule has 0 atom stereocenters. The molecule has 0 fully saturated rings. The molecular formula is C6H5Cl2KS. The summed E-state index contributed by atoms with van der Waals surface area (Å²) in [5, 5.41) is 1.06. The van der Waals surface area contributed by atoms with E-state index in [9.17, 15) is 0 Å². The Kier molecular flexibility index (Phi) is 6.41. The predicted octanol–water partition coefficient (Wildman–Crippen LogP) is 2.63. The Morgan fingerprint density at radius 2 is 1.80 bits per heavy atom. The van der Waals surface area contributed by atoms with Crippen LogP contribution in [0.15, 0.2) is 23.1 Å². The summed E-state index contributed by atoms with van der Waals surface area (Å²) in [4.78, 5) is 0.712. The third kappa shape index (κ3) is 3.03. The number of hydrogen-bond donors (Lipinski definition) is 1. The third-order valence-electron chi connectivity index (χ3n) is 0.931. The Hall–Kier alpha value is 1.79. The van der Waals surface area contributed by atoms with E-state index in [1.807, 2.05) is 0 Å². The first-order valence-electron chi connectivity index (χ1n) is 2.35. The van der Waals surface area contributed by atoms with Gasteiger partial charge in [0.2, 0.25) is 0 Å². The molecule has 0 nitrogen and oxygen atoms in total. The molecule has 0 N–H and O–H groups in total. The van der Waals surface area contributed by atoms with Crippen molar-refractivity contribution >= 4 is 87.2 Å². The second kappa shape index (κ2) is 5.44. The first kappa shape index (κ1) is 11.8. The Morgan fingerprint density at radius 3 is 2.20 bits per heavy atom. The van der Waals surface area contributed by atoms with Gasteiger partial charge in [0.1, 0.15) is 0 Å². The van der Waals surface area contributed by atoms with Gasteiger partial charge in [0.05, 0.1) is 10.0 Å². The van der Waals surface area contributed by atoms with Crippen LogP contribution in [-0.2, 0) is 0 Å². The Bertz CT molecular complexity index is 207. The summed E-state index contributed by atoms with van der Waals surface area (Å²) in [6.45, 7) is 0. The van der Waals surface area contributed by atoms with E-state index in [1.54, 1.807) is 18.2 Å². The average Bonchev–Trinajstić information content (AvgIpc) is 1.83. The zero-order chi connectivity index (χ0) is 6.85. The summed E-state index contributed by atoms with van der Waals surface area (Å²) in [6, 6.07) is 5.32. The first-order chi connectivity index (χ1) is 4.22. The van der Waals surface area contributed by atoms with Crippen LogP contribution in [0.2, 0.25) is 10.0 Å². The van der Waals surface area contributed by atoms with Crippen LogP contribution in [0.4, 0.5) is 0 Å². The van der Waals surface area contributed by atoms with Crippen LogP contribution >= 0.6 is 35.8 Å². The molecule has 0 spiro atoms. The van der Waals surface area contributed by atoms with Crippen molar-refractivity contribution in [2.24, 2.45) is 0 Å². The molecule has 0 aliphatic heterocycles. The molecule has 10 heavy (non-hydrogen) atoms. The average molecular weight is 219 g/mol. The van der Waals surface area contributed by atoms with Crippen molar-refractivity contribution in [2.45, 2.75) is 4.90 Å². The van der Waals surface area contributed by atoms with Gasteiger partial charge in [0.25, 0.3) is 0 Å². The zero-order valence-corrected chi connectivity index (χ0v) is 6.84. The van der Waals surface area contributed by atoms with Crippen LogP contribution < -0.4 is 0 Å². The van der Waals surface area contributed by atoms with Crippen molar-refractivity contribution < 1.29 is 0 Å². The van der Waals surface area contributed by atoms with Gasteiger partial charge in [0, 0.05) is 4.90 Å². The molecule has 1 aromatic rings. The molecule has 1 rings (SSSR count). The van der Waals surface area contributed by atoms with Gasteiger partial charge >= 0.3 is 51.4 Å². The maximum absolute atomic E-state index is 5.67. The van der Waals surface area contributed by atoms with E-state index in [2.05, 4.69) is 12.6 Å². The van der Waals surface area contributed by atoms with Crippen LogP contribution in [0.3, 0.4) is 0 Å². The quantitative estimate of drug-likeness (QED) is 0.503. The molecule has 0 radical (unpaired) electrons. The van der Waals surface area contributed by atoms with E-state index >= 15 is 0 Å². The molecule has 0 saturated heterocycles. The number of thiol groups is 1. The minimum atomic E-state index is 0. The Morgan fingerprint density at radius 1 is 1.20 bits per heavy atom. The van der Waals surface area contributed by atoms with Gasteiger partial charge in [-0.05, 0) is 12.1 Å². The van der Waals surface area contributed by atoms with Crippen molar-refractivity contribution in [1.82, 2.24) is 0 Å². The normalized spacial score (nSPS) is 8.70.